The van der Waals surface area contributed by atoms with Crippen molar-refractivity contribution >= 4 is 11.6 Å². The summed E-state index contributed by atoms with van der Waals surface area (Å²) in [5.74, 6) is -3.47. The van der Waals surface area contributed by atoms with Crippen LogP contribution in [-0.4, -0.2) is 19.4 Å². The molecule has 1 nitrogen and oxygen atoms in total. The van der Waals surface area contributed by atoms with E-state index in [-0.39, 0.29) is 6.42 Å². The number of hydrogen-bond donors (Lipinski definition) is 0. The number of halogens is 7. The first-order valence-electron chi connectivity index (χ1n) is 5.13. The summed E-state index contributed by atoms with van der Waals surface area (Å²) in [4.78, 5) is 0. The van der Waals surface area contributed by atoms with Crippen LogP contribution in [0.15, 0.2) is 12.1 Å². The summed E-state index contributed by atoms with van der Waals surface area (Å²) in [6, 6.07) is 0.898. The van der Waals surface area contributed by atoms with Gasteiger partial charge in [-0.05, 0) is 6.42 Å². The van der Waals surface area contributed by atoms with Gasteiger partial charge in [-0.3, -0.25) is 0 Å². The molecule has 1 aromatic carbocycles. The van der Waals surface area contributed by atoms with Crippen molar-refractivity contribution < 1.29 is 31.1 Å². The smallest absolute Gasteiger partial charge is 0.372 e. The van der Waals surface area contributed by atoms with Gasteiger partial charge >= 0.3 is 6.18 Å². The van der Waals surface area contributed by atoms with Gasteiger partial charge in [0.2, 0.25) is 0 Å². The van der Waals surface area contributed by atoms with E-state index >= 15 is 0 Å². The second kappa shape index (κ2) is 6.47. The van der Waals surface area contributed by atoms with Gasteiger partial charge in [-0.1, -0.05) is 0 Å². The van der Waals surface area contributed by atoms with E-state index in [1.54, 1.807) is 0 Å². The highest BCUT2D eigenvalue weighted by Crippen LogP contribution is 2.30. The molecule has 0 radical (unpaired) electrons. The van der Waals surface area contributed by atoms with Crippen molar-refractivity contribution in [1.82, 2.24) is 0 Å². The fourth-order valence-electron chi connectivity index (χ4n) is 1.37. The molecule has 0 aliphatic heterocycles. The van der Waals surface area contributed by atoms with Crippen LogP contribution in [0.4, 0.5) is 26.3 Å². The first-order chi connectivity index (χ1) is 8.70. The summed E-state index contributed by atoms with van der Waals surface area (Å²) in [6.45, 7) is -1.89. The van der Waals surface area contributed by atoms with Gasteiger partial charge in [0.05, 0.1) is 5.38 Å². The van der Waals surface area contributed by atoms with Gasteiger partial charge in [-0.25, -0.2) is 13.2 Å². The highest BCUT2D eigenvalue weighted by Gasteiger charge is 2.27. The molecule has 1 aromatic rings. The predicted molar refractivity (Wildman–Crippen MR) is 56.4 cm³/mol. The number of rotatable bonds is 5. The van der Waals surface area contributed by atoms with Gasteiger partial charge in [0.15, 0.2) is 0 Å². The lowest BCUT2D eigenvalue weighted by atomic mass is 10.1. The first kappa shape index (κ1) is 16.1. The van der Waals surface area contributed by atoms with E-state index in [1.165, 1.54) is 0 Å². The Kier molecular flexibility index (Phi) is 5.49. The Bertz CT molecular complexity index is 411. The van der Waals surface area contributed by atoms with Crippen molar-refractivity contribution in [3.05, 3.63) is 35.1 Å². The number of ether oxygens (including phenoxy) is 1. The molecule has 0 fully saturated rings. The standard InChI is InChI=1S/C11H9ClF6O/c12-7(1-2-19-5-11(16,17)18)10-8(14)3-6(13)4-9(10)15/h3-4,7H,1-2,5H2. The molecule has 0 bridgehead atoms. The van der Waals surface area contributed by atoms with E-state index in [2.05, 4.69) is 4.74 Å². The van der Waals surface area contributed by atoms with E-state index in [0.29, 0.717) is 12.1 Å². The maximum Gasteiger partial charge on any atom is 0.411 e. The molecule has 0 spiro atoms. The minimum atomic E-state index is -4.48. The Labute approximate surface area is 110 Å². The third kappa shape index (κ3) is 5.28. The van der Waals surface area contributed by atoms with Crippen LogP contribution in [0.1, 0.15) is 17.4 Å². The molecule has 108 valence electrons. The lowest BCUT2D eigenvalue weighted by Gasteiger charge is -2.13. The molecule has 0 aromatic heterocycles. The van der Waals surface area contributed by atoms with E-state index < -0.39 is 47.8 Å². The fraction of sp³-hybridized carbons (Fsp3) is 0.455. The van der Waals surface area contributed by atoms with Crippen LogP contribution >= 0.6 is 11.6 Å². The zero-order chi connectivity index (χ0) is 14.6. The Morgan fingerprint density at radius 1 is 1.11 bits per heavy atom. The van der Waals surface area contributed by atoms with E-state index in [0.717, 1.165) is 0 Å². The molecule has 0 aliphatic rings. The monoisotopic (exact) mass is 306 g/mol. The summed E-state index contributed by atoms with van der Waals surface area (Å²) in [5, 5.41) is -1.24. The van der Waals surface area contributed by atoms with Crippen molar-refractivity contribution in [1.29, 1.82) is 0 Å². The molecule has 0 saturated carbocycles. The molecule has 0 aliphatic carbocycles. The average molecular weight is 307 g/mol. The van der Waals surface area contributed by atoms with Crippen molar-refractivity contribution in [2.24, 2.45) is 0 Å². The zero-order valence-corrected chi connectivity index (χ0v) is 10.2. The van der Waals surface area contributed by atoms with Gasteiger partial charge in [-0.2, -0.15) is 13.2 Å². The normalized spacial score (nSPS) is 13.6. The quantitative estimate of drug-likeness (QED) is 0.446. The Morgan fingerprint density at radius 3 is 2.11 bits per heavy atom. The second-order valence-corrected chi connectivity index (χ2v) is 4.23. The van der Waals surface area contributed by atoms with Crippen molar-refractivity contribution in [2.75, 3.05) is 13.2 Å². The SMILES string of the molecule is Fc1cc(F)c(C(Cl)CCOCC(F)(F)F)c(F)c1. The number of alkyl halides is 4. The molecule has 1 unspecified atom stereocenters. The number of benzene rings is 1. The topological polar surface area (TPSA) is 9.23 Å². The summed E-state index contributed by atoms with van der Waals surface area (Å²) in [6.07, 6.45) is -4.72. The highest BCUT2D eigenvalue weighted by molar-refractivity contribution is 6.20. The largest absolute Gasteiger partial charge is 0.411 e. The highest BCUT2D eigenvalue weighted by atomic mass is 35.5. The molecule has 8 heteroatoms. The summed E-state index contributed by atoms with van der Waals surface area (Å²) in [5.41, 5.74) is -0.585. The van der Waals surface area contributed by atoms with Gasteiger partial charge in [-0.15, -0.1) is 11.6 Å². The van der Waals surface area contributed by atoms with Crippen LogP contribution in [0.5, 0.6) is 0 Å². The van der Waals surface area contributed by atoms with Gasteiger partial charge in [0, 0.05) is 24.3 Å². The maximum absolute atomic E-state index is 13.3. The second-order valence-electron chi connectivity index (χ2n) is 3.71. The van der Waals surface area contributed by atoms with Crippen LogP contribution < -0.4 is 0 Å². The Balaban J connectivity index is 2.57. The van der Waals surface area contributed by atoms with E-state index in [9.17, 15) is 26.3 Å². The van der Waals surface area contributed by atoms with E-state index in [1.807, 2.05) is 0 Å². The zero-order valence-electron chi connectivity index (χ0n) is 9.41. The van der Waals surface area contributed by atoms with Crippen LogP contribution in [0.3, 0.4) is 0 Å². The molecule has 0 saturated heterocycles. The lowest BCUT2D eigenvalue weighted by Crippen LogP contribution is -2.18. The third-order valence-corrected chi connectivity index (χ3v) is 2.57. The molecule has 0 heterocycles. The molecule has 1 atom stereocenters. The third-order valence-electron chi connectivity index (χ3n) is 2.14. The fourth-order valence-corrected chi connectivity index (χ4v) is 1.67. The van der Waals surface area contributed by atoms with Gasteiger partial charge in [0.25, 0.3) is 0 Å². The number of hydrogen-bond acceptors (Lipinski definition) is 1. The minimum Gasteiger partial charge on any atom is -0.372 e. The Morgan fingerprint density at radius 2 is 1.63 bits per heavy atom. The maximum atomic E-state index is 13.3. The van der Waals surface area contributed by atoms with Crippen molar-refractivity contribution in [3.8, 4) is 0 Å². The van der Waals surface area contributed by atoms with Crippen molar-refractivity contribution in [2.45, 2.75) is 18.0 Å². The average Bonchev–Trinajstić information content (AvgIpc) is 2.21. The molecular formula is C11H9ClF6O. The summed E-state index contributed by atoms with van der Waals surface area (Å²) >= 11 is 5.66. The van der Waals surface area contributed by atoms with Gasteiger partial charge in [0.1, 0.15) is 24.1 Å². The molecular weight excluding hydrogens is 298 g/mol. The molecule has 19 heavy (non-hydrogen) atoms. The summed E-state index contributed by atoms with van der Waals surface area (Å²) < 4.78 is 78.7. The summed E-state index contributed by atoms with van der Waals surface area (Å²) in [7, 11) is 0. The van der Waals surface area contributed by atoms with Crippen molar-refractivity contribution in [3.63, 3.8) is 0 Å². The van der Waals surface area contributed by atoms with Gasteiger partial charge < -0.3 is 4.74 Å². The predicted octanol–water partition coefficient (Wildman–Crippen LogP) is 4.35. The Hall–Kier alpha value is -0.950. The molecule has 0 N–H and O–H groups in total. The lowest BCUT2D eigenvalue weighted by molar-refractivity contribution is -0.174. The van der Waals surface area contributed by atoms with Crippen LogP contribution in [-0.2, 0) is 4.74 Å². The van der Waals surface area contributed by atoms with Crippen LogP contribution in [0.2, 0.25) is 0 Å². The molecule has 1 rings (SSSR count). The van der Waals surface area contributed by atoms with Crippen LogP contribution in [0.25, 0.3) is 0 Å². The minimum absolute atomic E-state index is 0.239. The van der Waals surface area contributed by atoms with E-state index in [4.69, 9.17) is 11.6 Å². The molecule has 0 amide bonds. The first-order valence-corrected chi connectivity index (χ1v) is 5.57. The van der Waals surface area contributed by atoms with Crippen LogP contribution in [0, 0.1) is 17.5 Å².